The molecule has 0 saturated heterocycles. The number of fused-ring (bicyclic) bond motifs is 1. The number of hydrogen-bond donors (Lipinski definition) is 2. The molecular formula is C13H11N3OS2. The first-order valence-electron chi connectivity index (χ1n) is 5.69. The number of carbonyl (C=O) groups is 1. The van der Waals surface area contributed by atoms with Crippen molar-refractivity contribution >= 4 is 39.9 Å². The fourth-order valence-corrected chi connectivity index (χ4v) is 3.58. The number of aromatic nitrogens is 2. The lowest BCUT2D eigenvalue weighted by molar-refractivity contribution is 0.0964. The van der Waals surface area contributed by atoms with Crippen molar-refractivity contribution in [2.45, 2.75) is 9.24 Å². The molecule has 0 fully saturated rings. The first-order chi connectivity index (χ1) is 9.29. The second kappa shape index (κ2) is 5.07. The van der Waals surface area contributed by atoms with Gasteiger partial charge in [-0.25, -0.2) is 4.98 Å². The largest absolute Gasteiger partial charge is 0.359 e. The van der Waals surface area contributed by atoms with Crippen LogP contribution in [-0.2, 0) is 0 Å². The second-order valence-corrected chi connectivity index (χ2v) is 6.04. The molecule has 1 amide bonds. The number of para-hydroxylation sites is 1. The molecule has 0 aliphatic rings. The molecule has 0 bridgehead atoms. The molecule has 0 aliphatic heterocycles. The summed E-state index contributed by atoms with van der Waals surface area (Å²) in [6.07, 6.45) is 3.71. The number of aromatic amines is 1. The molecule has 4 nitrogen and oxygen atoms in total. The van der Waals surface area contributed by atoms with E-state index in [2.05, 4.69) is 15.3 Å². The number of thiazole rings is 1. The standard InChI is InChI=1S/C13H11N3OS2/c1-14-12(17)9-4-2-3-8-10(7-16-11(8)9)19-13-15-5-6-18-13/h2-7,16H,1H3,(H,14,17). The van der Waals surface area contributed by atoms with E-state index < -0.39 is 0 Å². The minimum atomic E-state index is -0.0850. The summed E-state index contributed by atoms with van der Waals surface area (Å²) < 4.78 is 0.992. The zero-order valence-electron chi connectivity index (χ0n) is 10.1. The number of hydrogen-bond acceptors (Lipinski definition) is 4. The van der Waals surface area contributed by atoms with E-state index >= 15 is 0 Å². The predicted octanol–water partition coefficient (Wildman–Crippen LogP) is 3.14. The van der Waals surface area contributed by atoms with Crippen LogP contribution in [0.5, 0.6) is 0 Å². The Morgan fingerprint density at radius 2 is 2.37 bits per heavy atom. The summed E-state index contributed by atoms with van der Waals surface area (Å²) in [5.74, 6) is -0.0850. The summed E-state index contributed by atoms with van der Waals surface area (Å²) in [5.41, 5.74) is 1.52. The Balaban J connectivity index is 2.06. The van der Waals surface area contributed by atoms with Gasteiger partial charge in [0.15, 0.2) is 4.34 Å². The molecule has 2 heterocycles. The zero-order chi connectivity index (χ0) is 13.2. The zero-order valence-corrected chi connectivity index (χ0v) is 11.8. The number of nitrogens with zero attached hydrogens (tertiary/aromatic N) is 1. The van der Waals surface area contributed by atoms with Crippen LogP contribution in [0.15, 0.2) is 45.2 Å². The van der Waals surface area contributed by atoms with Gasteiger partial charge in [-0.2, -0.15) is 0 Å². The number of rotatable bonds is 3. The third-order valence-corrected chi connectivity index (χ3v) is 4.70. The van der Waals surface area contributed by atoms with Gasteiger partial charge in [-0.05, 0) is 6.07 Å². The molecule has 2 N–H and O–H groups in total. The lowest BCUT2D eigenvalue weighted by Crippen LogP contribution is -2.17. The van der Waals surface area contributed by atoms with Crippen LogP contribution in [0, 0.1) is 0 Å². The average molecular weight is 289 g/mol. The maximum absolute atomic E-state index is 11.8. The first-order valence-corrected chi connectivity index (χ1v) is 7.38. The molecule has 1 aromatic carbocycles. The summed E-state index contributed by atoms with van der Waals surface area (Å²) in [6, 6.07) is 5.72. The van der Waals surface area contributed by atoms with E-state index in [1.807, 2.05) is 29.8 Å². The molecular weight excluding hydrogens is 278 g/mol. The topological polar surface area (TPSA) is 57.8 Å². The number of amides is 1. The maximum atomic E-state index is 11.8. The van der Waals surface area contributed by atoms with Crippen molar-refractivity contribution in [1.82, 2.24) is 15.3 Å². The van der Waals surface area contributed by atoms with E-state index in [1.165, 1.54) is 0 Å². The minimum absolute atomic E-state index is 0.0850. The molecule has 3 aromatic rings. The summed E-state index contributed by atoms with van der Waals surface area (Å²) in [4.78, 5) is 20.3. The molecule has 0 radical (unpaired) electrons. The molecule has 6 heteroatoms. The molecule has 0 spiro atoms. The van der Waals surface area contributed by atoms with Crippen LogP contribution in [0.4, 0.5) is 0 Å². The third-order valence-electron chi connectivity index (χ3n) is 2.76. The van der Waals surface area contributed by atoms with Gasteiger partial charge in [0, 0.05) is 35.1 Å². The number of carbonyl (C=O) groups excluding carboxylic acids is 1. The highest BCUT2D eigenvalue weighted by atomic mass is 32.2. The fraction of sp³-hybridized carbons (Fsp3) is 0.0769. The van der Waals surface area contributed by atoms with E-state index in [1.54, 1.807) is 36.3 Å². The minimum Gasteiger partial charge on any atom is -0.359 e. The quantitative estimate of drug-likeness (QED) is 0.779. The summed E-state index contributed by atoms with van der Waals surface area (Å²) in [6.45, 7) is 0. The van der Waals surface area contributed by atoms with Crippen LogP contribution in [0.3, 0.4) is 0 Å². The van der Waals surface area contributed by atoms with Crippen molar-refractivity contribution in [3.8, 4) is 0 Å². The van der Waals surface area contributed by atoms with Crippen molar-refractivity contribution < 1.29 is 4.79 Å². The third kappa shape index (κ3) is 2.24. The smallest absolute Gasteiger partial charge is 0.253 e. The van der Waals surface area contributed by atoms with Crippen LogP contribution >= 0.6 is 23.1 Å². The van der Waals surface area contributed by atoms with Crippen LogP contribution in [-0.4, -0.2) is 22.9 Å². The van der Waals surface area contributed by atoms with E-state index in [0.717, 1.165) is 20.1 Å². The van der Waals surface area contributed by atoms with Gasteiger partial charge in [-0.15, -0.1) is 11.3 Å². The summed E-state index contributed by atoms with van der Waals surface area (Å²) in [7, 11) is 1.63. The van der Waals surface area contributed by atoms with Gasteiger partial charge < -0.3 is 10.3 Å². The summed E-state index contributed by atoms with van der Waals surface area (Å²) >= 11 is 3.21. The molecule has 3 rings (SSSR count). The van der Waals surface area contributed by atoms with E-state index in [0.29, 0.717) is 5.56 Å². The van der Waals surface area contributed by atoms with Gasteiger partial charge in [0.25, 0.3) is 5.91 Å². The normalized spacial score (nSPS) is 10.8. The van der Waals surface area contributed by atoms with Gasteiger partial charge in [0.05, 0.1) is 11.1 Å². The van der Waals surface area contributed by atoms with Crippen LogP contribution in [0.2, 0.25) is 0 Å². The summed E-state index contributed by atoms with van der Waals surface area (Å²) in [5, 5.41) is 5.65. The van der Waals surface area contributed by atoms with Gasteiger partial charge in [-0.3, -0.25) is 4.79 Å². The number of H-pyrrole nitrogens is 1. The monoisotopic (exact) mass is 289 g/mol. The van der Waals surface area contributed by atoms with Crippen molar-refractivity contribution in [2.24, 2.45) is 0 Å². The molecule has 0 aliphatic carbocycles. The second-order valence-electron chi connectivity index (χ2n) is 3.86. The Kier molecular flexibility index (Phi) is 3.27. The highest BCUT2D eigenvalue weighted by Crippen LogP contribution is 2.35. The molecule has 0 atom stereocenters. The highest BCUT2D eigenvalue weighted by molar-refractivity contribution is 8.01. The van der Waals surface area contributed by atoms with E-state index in [9.17, 15) is 4.79 Å². The molecule has 2 aromatic heterocycles. The first kappa shape index (κ1) is 12.3. The van der Waals surface area contributed by atoms with Crippen LogP contribution in [0.25, 0.3) is 10.9 Å². The Bertz CT molecular complexity index is 719. The van der Waals surface area contributed by atoms with Gasteiger partial charge in [0.2, 0.25) is 0 Å². The van der Waals surface area contributed by atoms with Crippen LogP contribution in [0.1, 0.15) is 10.4 Å². The SMILES string of the molecule is CNC(=O)c1cccc2c(Sc3nccs3)c[nH]c12. The Morgan fingerprint density at radius 1 is 1.47 bits per heavy atom. The highest BCUT2D eigenvalue weighted by Gasteiger charge is 2.13. The maximum Gasteiger partial charge on any atom is 0.253 e. The van der Waals surface area contributed by atoms with Crippen molar-refractivity contribution in [3.63, 3.8) is 0 Å². The fourth-order valence-electron chi connectivity index (χ4n) is 1.89. The van der Waals surface area contributed by atoms with Crippen molar-refractivity contribution in [3.05, 3.63) is 41.5 Å². The average Bonchev–Trinajstić information content (AvgIpc) is 3.08. The van der Waals surface area contributed by atoms with Gasteiger partial charge in [-0.1, -0.05) is 23.9 Å². The van der Waals surface area contributed by atoms with Gasteiger partial charge >= 0.3 is 0 Å². The Labute approximate surface area is 118 Å². The van der Waals surface area contributed by atoms with Crippen molar-refractivity contribution in [1.29, 1.82) is 0 Å². The molecule has 0 unspecified atom stereocenters. The van der Waals surface area contributed by atoms with E-state index in [4.69, 9.17) is 0 Å². The van der Waals surface area contributed by atoms with Gasteiger partial charge in [0.1, 0.15) is 0 Å². The predicted molar refractivity (Wildman–Crippen MR) is 77.9 cm³/mol. The van der Waals surface area contributed by atoms with E-state index in [-0.39, 0.29) is 5.91 Å². The lowest BCUT2D eigenvalue weighted by Gasteiger charge is -2.01. The number of nitrogens with one attached hydrogen (secondary N) is 2. The van der Waals surface area contributed by atoms with Crippen LogP contribution < -0.4 is 5.32 Å². The number of benzene rings is 1. The molecule has 19 heavy (non-hydrogen) atoms. The molecule has 0 saturated carbocycles. The Hall–Kier alpha value is -1.79. The van der Waals surface area contributed by atoms with Crippen molar-refractivity contribution in [2.75, 3.05) is 7.05 Å². The Morgan fingerprint density at radius 3 is 3.11 bits per heavy atom. The lowest BCUT2D eigenvalue weighted by atomic mass is 10.1. The molecule has 96 valence electrons.